The predicted molar refractivity (Wildman–Crippen MR) is 50.2 cm³/mol. The molecular formula is C9H13O3P. The molecule has 0 aliphatic rings. The lowest BCUT2D eigenvalue weighted by Gasteiger charge is -2.20. The van der Waals surface area contributed by atoms with Gasteiger partial charge < -0.3 is 4.52 Å². The zero-order valence-corrected chi connectivity index (χ0v) is 8.98. The number of hydrogen-bond acceptors (Lipinski definition) is 3. The van der Waals surface area contributed by atoms with Gasteiger partial charge in [-0.05, 0) is 19.8 Å². The van der Waals surface area contributed by atoms with Crippen LogP contribution in [0.15, 0.2) is 0 Å². The van der Waals surface area contributed by atoms with Gasteiger partial charge in [0.15, 0.2) is 0 Å². The summed E-state index contributed by atoms with van der Waals surface area (Å²) < 4.78 is 14.5. The van der Waals surface area contributed by atoms with Crippen LogP contribution in [-0.2, 0) is 13.9 Å². The molecule has 13 heavy (non-hydrogen) atoms. The van der Waals surface area contributed by atoms with E-state index in [0.717, 1.165) is 0 Å². The molecule has 0 radical (unpaired) electrons. The molecule has 4 heteroatoms. The van der Waals surface area contributed by atoms with Crippen LogP contribution in [0.5, 0.6) is 0 Å². The molecule has 0 rings (SSSR count). The highest BCUT2D eigenvalue weighted by Crippen LogP contribution is 2.28. The molecule has 3 nitrogen and oxygen atoms in total. The van der Waals surface area contributed by atoms with Crippen molar-refractivity contribution < 1.29 is 13.9 Å². The van der Waals surface area contributed by atoms with Crippen molar-refractivity contribution in [3.63, 3.8) is 0 Å². The lowest BCUT2D eigenvalue weighted by atomic mass is 9.83. The van der Waals surface area contributed by atoms with Gasteiger partial charge in [0.2, 0.25) is 0 Å². The molecule has 0 heterocycles. The fourth-order valence-electron chi connectivity index (χ4n) is 1.13. The molecule has 0 bridgehead atoms. The first-order valence-corrected chi connectivity index (χ1v) is 4.88. The van der Waals surface area contributed by atoms with Crippen molar-refractivity contribution in [2.75, 3.05) is 0 Å². The zero-order valence-electron chi connectivity index (χ0n) is 8.09. The summed E-state index contributed by atoms with van der Waals surface area (Å²) in [5.74, 6) is 5.00. The summed E-state index contributed by atoms with van der Waals surface area (Å²) in [4.78, 5) is 11.4. The van der Waals surface area contributed by atoms with Crippen LogP contribution in [0.3, 0.4) is 0 Å². The Morgan fingerprint density at radius 1 is 1.46 bits per heavy atom. The van der Waals surface area contributed by atoms with Crippen molar-refractivity contribution in [2.24, 2.45) is 5.41 Å². The molecule has 0 aromatic carbocycles. The minimum atomic E-state index is -0.786. The SMILES string of the molecule is CC#CC(CC)(CC)C(=O)OP=O. The highest BCUT2D eigenvalue weighted by molar-refractivity contribution is 7.18. The van der Waals surface area contributed by atoms with Crippen molar-refractivity contribution in [1.82, 2.24) is 0 Å². The van der Waals surface area contributed by atoms with Crippen LogP contribution >= 0.6 is 8.69 Å². The van der Waals surface area contributed by atoms with Crippen molar-refractivity contribution in [3.8, 4) is 11.8 Å². The molecule has 0 amide bonds. The second-order valence-electron chi connectivity index (χ2n) is 2.62. The summed E-state index contributed by atoms with van der Waals surface area (Å²) in [6.45, 7) is 5.38. The third-order valence-electron chi connectivity index (χ3n) is 2.08. The van der Waals surface area contributed by atoms with Crippen LogP contribution < -0.4 is 0 Å². The number of carbonyl (C=O) groups excluding carboxylic acids is 1. The second kappa shape index (κ2) is 5.72. The molecule has 0 spiro atoms. The van der Waals surface area contributed by atoms with Gasteiger partial charge in [0.1, 0.15) is 5.41 Å². The van der Waals surface area contributed by atoms with E-state index in [-0.39, 0.29) is 0 Å². The monoisotopic (exact) mass is 200 g/mol. The Bertz CT molecular complexity index is 245. The summed E-state index contributed by atoms with van der Waals surface area (Å²) in [6, 6.07) is 0. The predicted octanol–water partition coefficient (Wildman–Crippen LogP) is 2.57. The number of carbonyl (C=O) groups is 1. The van der Waals surface area contributed by atoms with Crippen molar-refractivity contribution in [3.05, 3.63) is 0 Å². The minimum Gasteiger partial charge on any atom is -0.372 e. The summed E-state index contributed by atoms with van der Waals surface area (Å²) in [5, 5.41) is 0. The van der Waals surface area contributed by atoms with E-state index in [1.165, 1.54) is 0 Å². The first kappa shape index (κ1) is 12.1. The first-order valence-electron chi connectivity index (χ1n) is 4.14. The van der Waals surface area contributed by atoms with Gasteiger partial charge in [-0.25, -0.2) is 9.36 Å². The maximum absolute atomic E-state index is 11.4. The normalized spacial score (nSPS) is 10.4. The molecular weight excluding hydrogens is 187 g/mol. The van der Waals surface area contributed by atoms with E-state index in [2.05, 4.69) is 16.4 Å². The molecule has 0 aliphatic carbocycles. The van der Waals surface area contributed by atoms with E-state index >= 15 is 0 Å². The van der Waals surface area contributed by atoms with Gasteiger partial charge in [0.05, 0.1) is 0 Å². The molecule has 0 aromatic rings. The Morgan fingerprint density at radius 3 is 2.31 bits per heavy atom. The Balaban J connectivity index is 4.81. The van der Waals surface area contributed by atoms with E-state index in [4.69, 9.17) is 0 Å². The van der Waals surface area contributed by atoms with Gasteiger partial charge in [-0.2, -0.15) is 0 Å². The molecule has 0 saturated carbocycles. The lowest BCUT2D eigenvalue weighted by Crippen LogP contribution is -2.28. The molecule has 0 aliphatic heterocycles. The highest BCUT2D eigenvalue weighted by atomic mass is 31.1. The summed E-state index contributed by atoms with van der Waals surface area (Å²) in [6.07, 6.45) is 1.14. The Kier molecular flexibility index (Phi) is 5.34. The first-order chi connectivity index (χ1) is 6.16. The largest absolute Gasteiger partial charge is 0.398 e. The van der Waals surface area contributed by atoms with Crippen molar-refractivity contribution in [2.45, 2.75) is 33.6 Å². The molecule has 0 N–H and O–H groups in total. The topological polar surface area (TPSA) is 43.4 Å². The van der Waals surface area contributed by atoms with Crippen LogP contribution in [0.1, 0.15) is 33.6 Å². The Morgan fingerprint density at radius 2 is 2.00 bits per heavy atom. The molecule has 0 fully saturated rings. The maximum Gasteiger partial charge on any atom is 0.398 e. The average molecular weight is 200 g/mol. The van der Waals surface area contributed by atoms with Crippen LogP contribution in [0.2, 0.25) is 0 Å². The molecule has 72 valence electrons. The molecule has 0 unspecified atom stereocenters. The highest BCUT2D eigenvalue weighted by Gasteiger charge is 2.34. The summed E-state index contributed by atoms with van der Waals surface area (Å²) in [5.41, 5.74) is -0.786. The minimum absolute atomic E-state index is 0.511. The zero-order chi connectivity index (χ0) is 10.3. The standard InChI is InChI=1S/C9H13O3P/c1-4-7-9(5-2,6-3)8(10)12-13-11/h5-6H2,1-3H3. The molecule has 0 saturated heterocycles. The van der Waals surface area contributed by atoms with Crippen LogP contribution in [0, 0.1) is 17.3 Å². The van der Waals surface area contributed by atoms with Crippen LogP contribution in [-0.4, -0.2) is 5.97 Å². The van der Waals surface area contributed by atoms with Gasteiger partial charge in [-0.3, -0.25) is 0 Å². The lowest BCUT2D eigenvalue weighted by molar-refractivity contribution is -0.142. The van der Waals surface area contributed by atoms with Crippen molar-refractivity contribution >= 4 is 14.7 Å². The van der Waals surface area contributed by atoms with Gasteiger partial charge in [0.25, 0.3) is 0 Å². The van der Waals surface area contributed by atoms with Gasteiger partial charge >= 0.3 is 14.7 Å². The number of hydrogen-bond donors (Lipinski definition) is 0. The summed E-state index contributed by atoms with van der Waals surface area (Å²) in [7, 11) is -0.610. The smallest absolute Gasteiger partial charge is 0.372 e. The third kappa shape index (κ3) is 2.82. The van der Waals surface area contributed by atoms with E-state index in [1.54, 1.807) is 6.92 Å². The quantitative estimate of drug-likeness (QED) is 0.517. The van der Waals surface area contributed by atoms with E-state index < -0.39 is 20.1 Å². The van der Waals surface area contributed by atoms with Gasteiger partial charge in [0, 0.05) is 0 Å². The average Bonchev–Trinajstić information content (AvgIpc) is 2.14. The van der Waals surface area contributed by atoms with Crippen LogP contribution in [0.25, 0.3) is 0 Å². The van der Waals surface area contributed by atoms with E-state index in [9.17, 15) is 9.36 Å². The third-order valence-corrected chi connectivity index (χ3v) is 2.32. The van der Waals surface area contributed by atoms with Crippen LogP contribution in [0.4, 0.5) is 0 Å². The Hall–Kier alpha value is -0.870. The fraction of sp³-hybridized carbons (Fsp3) is 0.667. The van der Waals surface area contributed by atoms with Gasteiger partial charge in [-0.15, -0.1) is 5.92 Å². The van der Waals surface area contributed by atoms with E-state index in [0.29, 0.717) is 12.8 Å². The second-order valence-corrected chi connectivity index (χ2v) is 2.95. The summed E-state index contributed by atoms with van der Waals surface area (Å²) >= 11 is 0. The van der Waals surface area contributed by atoms with Crippen molar-refractivity contribution in [1.29, 1.82) is 0 Å². The molecule has 0 aromatic heterocycles. The molecule has 0 atom stereocenters. The maximum atomic E-state index is 11.4. The fourth-order valence-corrected chi connectivity index (χ4v) is 1.37. The Labute approximate surface area is 80.1 Å². The van der Waals surface area contributed by atoms with Gasteiger partial charge in [-0.1, -0.05) is 19.8 Å². The number of rotatable bonds is 4. The van der Waals surface area contributed by atoms with E-state index in [1.807, 2.05) is 13.8 Å².